The van der Waals surface area contributed by atoms with Gasteiger partial charge in [-0.15, -0.1) is 0 Å². The van der Waals surface area contributed by atoms with Gasteiger partial charge in [0.1, 0.15) is 19.0 Å². The molecule has 3 aromatic rings. The summed E-state index contributed by atoms with van der Waals surface area (Å²) in [5.41, 5.74) is 5.63. The van der Waals surface area contributed by atoms with Crippen molar-refractivity contribution in [2.75, 3.05) is 0 Å². The Balaban J connectivity index is 1.84. The highest BCUT2D eigenvalue weighted by atomic mass is 16.5. The molecule has 0 amide bonds. The Morgan fingerprint density at radius 2 is 1.52 bits per heavy atom. The van der Waals surface area contributed by atoms with E-state index in [-0.39, 0.29) is 13.2 Å². The maximum Gasteiger partial charge on any atom is 0.331 e. The number of rotatable bonds is 10. The predicted molar refractivity (Wildman–Crippen MR) is 132 cm³/mol. The molecule has 3 rings (SSSR count). The van der Waals surface area contributed by atoms with E-state index in [1.54, 1.807) is 6.08 Å². The van der Waals surface area contributed by atoms with Gasteiger partial charge in [-0.25, -0.2) is 4.79 Å². The highest BCUT2D eigenvalue weighted by molar-refractivity contribution is 5.87. The molecule has 0 aliphatic heterocycles. The van der Waals surface area contributed by atoms with Crippen LogP contribution in [0.25, 0.3) is 6.08 Å². The number of benzene rings is 3. The van der Waals surface area contributed by atoms with Crippen LogP contribution in [0.3, 0.4) is 0 Å². The zero-order valence-corrected chi connectivity index (χ0v) is 19.2. The van der Waals surface area contributed by atoms with Crippen molar-refractivity contribution in [1.82, 2.24) is 0 Å². The quantitative estimate of drug-likeness (QED) is 0.237. The molecular weight excluding hydrogens is 412 g/mol. The molecule has 170 valence electrons. The standard InChI is InChI=1S/C29H30O4/c1-22(2)13-17-27-26(19-30)15-14-25(29(27)33-21-24-11-7-4-8-12-24)16-18-28(31)32-20-23-9-5-3-6-10-23/h3-16,18,30H,17,19-21H2,1-2H3/b18-16-. The number of hydrogen-bond donors (Lipinski definition) is 1. The molecule has 0 aromatic heterocycles. The van der Waals surface area contributed by atoms with E-state index in [4.69, 9.17) is 9.47 Å². The summed E-state index contributed by atoms with van der Waals surface area (Å²) >= 11 is 0. The summed E-state index contributed by atoms with van der Waals surface area (Å²) < 4.78 is 11.6. The summed E-state index contributed by atoms with van der Waals surface area (Å²) in [6.45, 7) is 4.59. The van der Waals surface area contributed by atoms with Crippen LogP contribution in [0.5, 0.6) is 5.75 Å². The van der Waals surface area contributed by atoms with Gasteiger partial charge in [-0.3, -0.25) is 0 Å². The molecule has 0 saturated heterocycles. The number of esters is 1. The maximum atomic E-state index is 12.3. The summed E-state index contributed by atoms with van der Waals surface area (Å²) in [6, 6.07) is 23.2. The molecule has 33 heavy (non-hydrogen) atoms. The molecule has 1 N–H and O–H groups in total. The minimum Gasteiger partial charge on any atom is -0.488 e. The lowest BCUT2D eigenvalue weighted by Gasteiger charge is -2.17. The zero-order chi connectivity index (χ0) is 23.5. The Kier molecular flexibility index (Phi) is 9.04. The van der Waals surface area contributed by atoms with Crippen LogP contribution in [0.2, 0.25) is 0 Å². The number of carbonyl (C=O) groups is 1. The SMILES string of the molecule is CC(C)=CCc1c(CO)ccc(/C=C\C(=O)OCc2ccccc2)c1OCc1ccccc1. The van der Waals surface area contributed by atoms with Crippen LogP contribution in [0.1, 0.15) is 41.7 Å². The van der Waals surface area contributed by atoms with Gasteiger partial charge in [-0.2, -0.15) is 0 Å². The van der Waals surface area contributed by atoms with E-state index < -0.39 is 5.97 Å². The lowest BCUT2D eigenvalue weighted by Crippen LogP contribution is -2.05. The molecule has 4 nitrogen and oxygen atoms in total. The van der Waals surface area contributed by atoms with E-state index in [1.807, 2.05) is 86.6 Å². The molecule has 0 aliphatic carbocycles. The molecule has 0 fully saturated rings. The van der Waals surface area contributed by atoms with E-state index in [2.05, 4.69) is 6.08 Å². The Labute approximate surface area is 195 Å². The second-order valence-electron chi connectivity index (χ2n) is 7.97. The first kappa shape index (κ1) is 24.0. The van der Waals surface area contributed by atoms with Crippen molar-refractivity contribution in [2.24, 2.45) is 0 Å². The summed E-state index contributed by atoms with van der Waals surface area (Å²) in [5.74, 6) is 0.236. The number of hydrogen-bond acceptors (Lipinski definition) is 4. The molecule has 0 spiro atoms. The van der Waals surface area contributed by atoms with Crippen LogP contribution in [0.4, 0.5) is 0 Å². The third kappa shape index (κ3) is 7.48. The van der Waals surface area contributed by atoms with Gasteiger partial charge in [0, 0.05) is 17.2 Å². The molecule has 0 bridgehead atoms. The molecule has 0 aliphatic rings. The van der Waals surface area contributed by atoms with Gasteiger partial charge in [0.2, 0.25) is 0 Å². The van der Waals surface area contributed by atoms with Crippen LogP contribution in [0.15, 0.2) is 90.5 Å². The molecule has 0 saturated carbocycles. The minimum absolute atomic E-state index is 0.0866. The van der Waals surface area contributed by atoms with E-state index in [1.165, 1.54) is 11.6 Å². The topological polar surface area (TPSA) is 55.8 Å². The van der Waals surface area contributed by atoms with Gasteiger partial charge >= 0.3 is 5.97 Å². The first-order valence-corrected chi connectivity index (χ1v) is 11.0. The highest BCUT2D eigenvalue weighted by Crippen LogP contribution is 2.31. The van der Waals surface area contributed by atoms with Crippen molar-refractivity contribution in [3.05, 3.63) is 118 Å². The monoisotopic (exact) mass is 442 g/mol. The Morgan fingerprint density at radius 1 is 0.879 bits per heavy atom. The maximum absolute atomic E-state index is 12.3. The fourth-order valence-electron chi connectivity index (χ4n) is 3.33. The number of carbonyl (C=O) groups excluding carboxylic acids is 1. The first-order valence-electron chi connectivity index (χ1n) is 11.0. The fraction of sp³-hybridized carbons (Fsp3) is 0.207. The Hall–Kier alpha value is -3.63. The predicted octanol–water partition coefficient (Wildman–Crippen LogP) is 6.02. The molecule has 0 radical (unpaired) electrons. The van der Waals surface area contributed by atoms with Crippen molar-refractivity contribution < 1.29 is 19.4 Å². The number of aliphatic hydroxyl groups excluding tert-OH is 1. The Bertz CT molecular complexity index is 1100. The first-order chi connectivity index (χ1) is 16.1. The van der Waals surface area contributed by atoms with Gasteiger partial charge in [0.15, 0.2) is 0 Å². The summed E-state index contributed by atoms with van der Waals surface area (Å²) in [5, 5.41) is 9.91. The van der Waals surface area contributed by atoms with Crippen molar-refractivity contribution in [3.63, 3.8) is 0 Å². The van der Waals surface area contributed by atoms with Gasteiger partial charge in [0.25, 0.3) is 0 Å². The van der Waals surface area contributed by atoms with Gasteiger partial charge in [-0.1, -0.05) is 84.4 Å². The fourth-order valence-corrected chi connectivity index (χ4v) is 3.33. The van der Waals surface area contributed by atoms with Crippen LogP contribution in [-0.4, -0.2) is 11.1 Å². The zero-order valence-electron chi connectivity index (χ0n) is 19.2. The third-order valence-electron chi connectivity index (χ3n) is 5.12. The Morgan fingerprint density at radius 3 is 2.12 bits per heavy atom. The molecule has 0 heterocycles. The average molecular weight is 443 g/mol. The van der Waals surface area contributed by atoms with Gasteiger partial charge in [0.05, 0.1) is 6.61 Å². The summed E-state index contributed by atoms with van der Waals surface area (Å²) in [7, 11) is 0. The van der Waals surface area contributed by atoms with Crippen molar-refractivity contribution in [2.45, 2.75) is 40.1 Å². The number of allylic oxidation sites excluding steroid dienone is 2. The normalized spacial score (nSPS) is 10.8. The van der Waals surface area contributed by atoms with E-state index in [0.29, 0.717) is 18.8 Å². The van der Waals surface area contributed by atoms with E-state index >= 15 is 0 Å². The van der Waals surface area contributed by atoms with Crippen LogP contribution in [0, 0.1) is 0 Å². The molecule has 3 aromatic carbocycles. The van der Waals surface area contributed by atoms with Gasteiger partial charge < -0.3 is 14.6 Å². The van der Waals surface area contributed by atoms with Crippen molar-refractivity contribution >= 4 is 12.0 Å². The number of ether oxygens (including phenoxy) is 2. The molecular formula is C29H30O4. The average Bonchev–Trinajstić information content (AvgIpc) is 2.85. The largest absolute Gasteiger partial charge is 0.488 e. The lowest BCUT2D eigenvalue weighted by molar-refractivity contribution is -0.138. The van der Waals surface area contributed by atoms with Crippen molar-refractivity contribution in [3.8, 4) is 5.75 Å². The van der Waals surface area contributed by atoms with Crippen molar-refractivity contribution in [1.29, 1.82) is 0 Å². The smallest absolute Gasteiger partial charge is 0.331 e. The van der Waals surface area contributed by atoms with Gasteiger partial charge in [-0.05, 0) is 43.0 Å². The third-order valence-corrected chi connectivity index (χ3v) is 5.12. The highest BCUT2D eigenvalue weighted by Gasteiger charge is 2.14. The minimum atomic E-state index is -0.426. The summed E-state index contributed by atoms with van der Waals surface area (Å²) in [6.07, 6.45) is 5.85. The second-order valence-corrected chi connectivity index (χ2v) is 7.97. The number of aliphatic hydroxyl groups is 1. The molecule has 0 atom stereocenters. The van der Waals surface area contributed by atoms with Crippen LogP contribution in [-0.2, 0) is 35.8 Å². The van der Waals surface area contributed by atoms with Crippen LogP contribution < -0.4 is 4.74 Å². The molecule has 0 unspecified atom stereocenters. The van der Waals surface area contributed by atoms with E-state index in [9.17, 15) is 9.90 Å². The second kappa shape index (κ2) is 12.4. The van der Waals surface area contributed by atoms with E-state index in [0.717, 1.165) is 27.8 Å². The lowest BCUT2D eigenvalue weighted by atomic mass is 9.98. The summed E-state index contributed by atoms with van der Waals surface area (Å²) in [4.78, 5) is 12.3. The molecule has 4 heteroatoms. The van der Waals surface area contributed by atoms with Crippen LogP contribution >= 0.6 is 0 Å².